The van der Waals surface area contributed by atoms with Crippen LogP contribution in [0.5, 0.6) is 5.75 Å². The summed E-state index contributed by atoms with van der Waals surface area (Å²) in [4.78, 5) is 25.5. The fourth-order valence-corrected chi connectivity index (χ4v) is 3.31. The number of hydrogen-bond donors (Lipinski definition) is 2. The largest absolute Gasteiger partial charge is 0.488 e. The van der Waals surface area contributed by atoms with E-state index >= 15 is 0 Å². The van der Waals surface area contributed by atoms with Gasteiger partial charge in [-0.15, -0.1) is 0 Å². The third kappa shape index (κ3) is 5.57. The van der Waals surface area contributed by atoms with E-state index in [-0.39, 0.29) is 24.3 Å². The number of ether oxygens (including phenoxy) is 1. The molecule has 4 rings (SSSR count). The maximum atomic E-state index is 12.4. The number of aromatic nitrogens is 4. The molecule has 0 saturated carbocycles. The average Bonchev–Trinajstić information content (AvgIpc) is 3.19. The molecule has 1 atom stereocenters. The predicted octanol–water partition coefficient (Wildman–Crippen LogP) is 1.73. The Morgan fingerprint density at radius 1 is 1.15 bits per heavy atom. The summed E-state index contributed by atoms with van der Waals surface area (Å²) in [6.45, 7) is 3.90. The Kier molecular flexibility index (Phi) is 6.43. The van der Waals surface area contributed by atoms with Crippen molar-refractivity contribution >= 4 is 11.8 Å². The molecule has 0 aliphatic carbocycles. The molecule has 0 bridgehead atoms. The van der Waals surface area contributed by atoms with E-state index in [1.165, 1.54) is 23.1 Å². The number of aliphatic hydroxyl groups is 2. The molecule has 9 nitrogen and oxygen atoms in total. The lowest BCUT2D eigenvalue weighted by Gasteiger charge is -2.10. The second-order valence-electron chi connectivity index (χ2n) is 8.32. The van der Waals surface area contributed by atoms with Crippen LogP contribution in [-0.4, -0.2) is 61.0 Å². The Balaban J connectivity index is 1.52. The number of aliphatic hydroxyl groups excluding tert-OH is 2. The number of allylic oxidation sites excluding steroid dienone is 1. The third-order valence-electron chi connectivity index (χ3n) is 5.01. The van der Waals surface area contributed by atoms with Gasteiger partial charge >= 0.3 is 0 Å². The number of benzene rings is 1. The minimum absolute atomic E-state index is 0.0459. The summed E-state index contributed by atoms with van der Waals surface area (Å²) in [5, 5.41) is 22.7. The quantitative estimate of drug-likeness (QED) is 0.539. The highest BCUT2D eigenvalue weighted by Crippen LogP contribution is 2.24. The van der Waals surface area contributed by atoms with Gasteiger partial charge < -0.3 is 14.9 Å². The molecular weight excluding hydrogens is 422 g/mol. The number of hydrogen-bond acceptors (Lipinski definition) is 8. The molecule has 1 aromatic carbocycles. The molecule has 0 fully saturated rings. The van der Waals surface area contributed by atoms with Crippen LogP contribution >= 0.6 is 0 Å². The van der Waals surface area contributed by atoms with Gasteiger partial charge in [-0.05, 0) is 37.6 Å². The van der Waals surface area contributed by atoms with E-state index < -0.39 is 6.10 Å². The molecule has 3 heterocycles. The zero-order valence-corrected chi connectivity index (χ0v) is 18.4. The van der Waals surface area contributed by atoms with Crippen LogP contribution in [0.1, 0.15) is 25.1 Å². The second-order valence-corrected chi connectivity index (χ2v) is 8.32. The maximum absolute atomic E-state index is 12.4. The second kappa shape index (κ2) is 9.43. The Hall–Kier alpha value is -3.69. The van der Waals surface area contributed by atoms with Crippen molar-refractivity contribution < 1.29 is 14.9 Å². The first kappa shape index (κ1) is 22.5. The van der Waals surface area contributed by atoms with Gasteiger partial charge in [0.15, 0.2) is 11.6 Å². The topological polar surface area (TPSA) is 123 Å². The molecule has 0 radical (unpaired) electrons. The highest BCUT2D eigenvalue weighted by Gasteiger charge is 2.20. The van der Waals surface area contributed by atoms with Crippen LogP contribution in [0, 0.1) is 0 Å². The first-order valence-electron chi connectivity index (χ1n) is 10.5. The molecule has 1 aliphatic rings. The summed E-state index contributed by atoms with van der Waals surface area (Å²) in [5.74, 6) is 0.887. The van der Waals surface area contributed by atoms with Crippen molar-refractivity contribution in [3.63, 3.8) is 0 Å². The first-order valence-corrected chi connectivity index (χ1v) is 10.5. The molecule has 9 heteroatoms. The van der Waals surface area contributed by atoms with Crippen molar-refractivity contribution in [3.05, 3.63) is 76.5 Å². The fourth-order valence-electron chi connectivity index (χ4n) is 3.31. The van der Waals surface area contributed by atoms with E-state index in [9.17, 15) is 9.90 Å². The lowest BCUT2D eigenvalue weighted by Crippen LogP contribution is -2.23. The summed E-state index contributed by atoms with van der Waals surface area (Å²) in [6.07, 6.45) is 5.87. The van der Waals surface area contributed by atoms with E-state index in [0.717, 1.165) is 16.7 Å². The van der Waals surface area contributed by atoms with Crippen LogP contribution in [-0.2, 0) is 6.54 Å². The fraction of sp³-hybridized carbons (Fsp3) is 0.292. The summed E-state index contributed by atoms with van der Waals surface area (Å²) in [5.41, 5.74) is 2.79. The van der Waals surface area contributed by atoms with E-state index in [4.69, 9.17) is 9.84 Å². The van der Waals surface area contributed by atoms with Gasteiger partial charge in [0.25, 0.3) is 5.56 Å². The molecule has 2 N–H and O–H groups in total. The zero-order valence-electron chi connectivity index (χ0n) is 18.4. The van der Waals surface area contributed by atoms with Gasteiger partial charge in [0.2, 0.25) is 0 Å². The zero-order chi connectivity index (χ0) is 23.4. The molecule has 0 spiro atoms. The molecule has 170 valence electrons. The van der Waals surface area contributed by atoms with Crippen molar-refractivity contribution in [1.82, 2.24) is 19.7 Å². The first-order chi connectivity index (χ1) is 15.8. The summed E-state index contributed by atoms with van der Waals surface area (Å²) >= 11 is 0. The molecule has 33 heavy (non-hydrogen) atoms. The van der Waals surface area contributed by atoms with E-state index in [0.29, 0.717) is 23.8 Å². The van der Waals surface area contributed by atoms with Crippen LogP contribution in [0.2, 0.25) is 0 Å². The van der Waals surface area contributed by atoms with Gasteiger partial charge in [-0.1, -0.05) is 18.2 Å². The summed E-state index contributed by atoms with van der Waals surface area (Å²) < 4.78 is 6.77. The normalized spacial score (nSPS) is 15.3. The smallest absolute Gasteiger partial charge is 0.267 e. The van der Waals surface area contributed by atoms with Crippen molar-refractivity contribution in [3.8, 4) is 17.1 Å². The van der Waals surface area contributed by atoms with Gasteiger partial charge in [0.05, 0.1) is 36.8 Å². The molecule has 2 aromatic heterocycles. The molecule has 3 aromatic rings. The molecular formula is C24H25N5O4. The van der Waals surface area contributed by atoms with Gasteiger partial charge in [-0.25, -0.2) is 14.6 Å². The minimum atomic E-state index is -0.958. The van der Waals surface area contributed by atoms with Gasteiger partial charge in [-0.2, -0.15) is 5.10 Å². The monoisotopic (exact) mass is 447 g/mol. The Morgan fingerprint density at radius 3 is 2.64 bits per heavy atom. The molecule has 1 unspecified atom stereocenters. The van der Waals surface area contributed by atoms with Crippen LogP contribution in [0.4, 0.5) is 0 Å². The third-order valence-corrected chi connectivity index (χ3v) is 5.01. The molecule has 0 amide bonds. The van der Waals surface area contributed by atoms with E-state index in [2.05, 4.69) is 20.1 Å². The minimum Gasteiger partial charge on any atom is -0.488 e. The highest BCUT2D eigenvalue weighted by molar-refractivity contribution is 6.11. The number of rotatable bonds is 8. The standard InChI is InChI=1S/C24H25N5O4/c1-24(2)9-18(10-27-24)21-6-7-22(32)29(28-21)13-16-4-3-5-17(8-16)23-25-11-20(12-26-23)33-15-19(31)14-30/h3-12,19,30-31H,13-15H2,1-2H3. The Morgan fingerprint density at radius 2 is 1.94 bits per heavy atom. The van der Waals surface area contributed by atoms with Crippen molar-refractivity contribution in [1.29, 1.82) is 0 Å². The van der Waals surface area contributed by atoms with Crippen LogP contribution in [0.3, 0.4) is 0 Å². The van der Waals surface area contributed by atoms with Gasteiger partial charge in [0.1, 0.15) is 12.7 Å². The highest BCUT2D eigenvalue weighted by atomic mass is 16.5. The Bertz CT molecular complexity index is 1250. The van der Waals surface area contributed by atoms with E-state index in [1.807, 2.05) is 44.2 Å². The van der Waals surface area contributed by atoms with Gasteiger partial charge in [0, 0.05) is 23.4 Å². The van der Waals surface area contributed by atoms with Crippen molar-refractivity contribution in [2.45, 2.75) is 32.0 Å². The van der Waals surface area contributed by atoms with Crippen LogP contribution in [0.25, 0.3) is 17.0 Å². The van der Waals surface area contributed by atoms with Crippen LogP contribution in [0.15, 0.2) is 64.7 Å². The maximum Gasteiger partial charge on any atom is 0.267 e. The molecule has 1 aliphatic heterocycles. The van der Waals surface area contributed by atoms with Gasteiger partial charge in [-0.3, -0.25) is 9.79 Å². The van der Waals surface area contributed by atoms with Crippen molar-refractivity contribution in [2.75, 3.05) is 13.2 Å². The predicted molar refractivity (Wildman–Crippen MR) is 124 cm³/mol. The number of nitrogens with zero attached hydrogens (tertiary/aromatic N) is 5. The SMILES string of the molecule is CC1(C)C=C(c2ccc(=O)n(Cc3cccc(-c4ncc(OCC(O)CO)cn4)c3)n2)C=N1. The van der Waals surface area contributed by atoms with Crippen molar-refractivity contribution in [2.24, 2.45) is 4.99 Å². The lowest BCUT2D eigenvalue weighted by molar-refractivity contribution is 0.0534. The summed E-state index contributed by atoms with van der Waals surface area (Å²) in [6, 6.07) is 10.8. The molecule has 0 saturated heterocycles. The lowest BCUT2D eigenvalue weighted by atomic mass is 10.0. The number of aliphatic imine (C=N–C) groups is 1. The average molecular weight is 447 g/mol. The van der Waals surface area contributed by atoms with E-state index in [1.54, 1.807) is 12.3 Å². The Labute approximate surface area is 190 Å². The summed E-state index contributed by atoms with van der Waals surface area (Å²) in [7, 11) is 0. The van der Waals surface area contributed by atoms with Crippen LogP contribution < -0.4 is 10.3 Å².